The van der Waals surface area contributed by atoms with Crippen LogP contribution in [-0.4, -0.2) is 50.4 Å². The number of phenols is 1. The number of imide groups is 2. The molecule has 2 saturated heterocycles. The van der Waals surface area contributed by atoms with E-state index in [1.165, 1.54) is 18.0 Å². The van der Waals surface area contributed by atoms with Crippen LogP contribution in [0.1, 0.15) is 24.3 Å². The molecule has 6 atom stereocenters. The number of hydrogen-bond donors (Lipinski definition) is 1. The molecule has 190 valence electrons. The van der Waals surface area contributed by atoms with Gasteiger partial charge in [0.2, 0.25) is 11.8 Å². The second kappa shape index (κ2) is 7.88. The van der Waals surface area contributed by atoms with Gasteiger partial charge in [-0.1, -0.05) is 35.9 Å². The van der Waals surface area contributed by atoms with E-state index in [2.05, 4.69) is 0 Å². The molecule has 3 fully saturated rings. The highest BCUT2D eigenvalue weighted by Gasteiger charge is 2.75. The third-order valence-electron chi connectivity index (χ3n) is 8.33. The summed E-state index contributed by atoms with van der Waals surface area (Å²) in [5, 5.41) is 9.77. The predicted molar refractivity (Wildman–Crippen MR) is 132 cm³/mol. The van der Waals surface area contributed by atoms with Crippen LogP contribution in [0.25, 0.3) is 0 Å². The molecule has 2 aliphatic carbocycles. The van der Waals surface area contributed by atoms with Gasteiger partial charge >= 0.3 is 0 Å². The number of alkyl halides is 2. The lowest BCUT2D eigenvalue weighted by Crippen LogP contribution is -2.60. The number of carbonyl (C=O) groups is 4. The van der Waals surface area contributed by atoms with Crippen molar-refractivity contribution in [2.45, 2.75) is 28.5 Å². The van der Waals surface area contributed by atoms with Crippen molar-refractivity contribution < 1.29 is 28.7 Å². The highest BCUT2D eigenvalue weighted by atomic mass is 35.5. The molecule has 0 aromatic heterocycles. The Kier molecular flexibility index (Phi) is 5.14. The Morgan fingerprint density at radius 1 is 0.973 bits per heavy atom. The van der Waals surface area contributed by atoms with E-state index in [0.717, 1.165) is 17.0 Å². The Balaban J connectivity index is 1.53. The van der Waals surface area contributed by atoms with E-state index in [4.69, 9.17) is 23.2 Å². The van der Waals surface area contributed by atoms with Crippen molar-refractivity contribution >= 4 is 52.5 Å². The van der Waals surface area contributed by atoms with Gasteiger partial charge in [-0.15, -0.1) is 23.2 Å². The van der Waals surface area contributed by atoms with Crippen molar-refractivity contribution in [2.75, 3.05) is 11.9 Å². The zero-order valence-corrected chi connectivity index (χ0v) is 21.0. The first-order valence-electron chi connectivity index (χ1n) is 11.8. The molecule has 4 amide bonds. The number of phenolic OH excluding ortho intramolecular Hbond substituents is 1. The maximum absolute atomic E-state index is 14.5. The first-order chi connectivity index (χ1) is 17.5. The maximum Gasteiger partial charge on any atom is 0.253 e. The molecular formula is C27H21Cl2FN2O5. The van der Waals surface area contributed by atoms with Gasteiger partial charge in [-0.2, -0.15) is 0 Å². The quantitative estimate of drug-likeness (QED) is 0.354. The average molecular weight is 543 g/mol. The Hall–Kier alpha value is -3.23. The third kappa shape index (κ3) is 2.94. The third-order valence-corrected chi connectivity index (χ3v) is 9.75. The fraction of sp³-hybridized carbons (Fsp3) is 0.333. The number of carbonyl (C=O) groups excluding carboxylic acids is 4. The van der Waals surface area contributed by atoms with E-state index >= 15 is 0 Å². The van der Waals surface area contributed by atoms with Gasteiger partial charge in [0.15, 0.2) is 21.3 Å². The van der Waals surface area contributed by atoms with Crippen molar-refractivity contribution in [2.24, 2.45) is 17.8 Å². The second-order valence-electron chi connectivity index (χ2n) is 10.1. The van der Waals surface area contributed by atoms with Crippen molar-refractivity contribution in [1.82, 2.24) is 4.90 Å². The highest BCUT2D eigenvalue weighted by Crippen LogP contribution is 2.65. The van der Waals surface area contributed by atoms with E-state index in [9.17, 15) is 28.7 Å². The Bertz CT molecular complexity index is 1430. The maximum atomic E-state index is 14.5. The Labute approximate surface area is 221 Å². The molecule has 37 heavy (non-hydrogen) atoms. The van der Waals surface area contributed by atoms with Gasteiger partial charge in [0.05, 0.1) is 17.5 Å². The standard InChI is InChI=1S/C27H21Cl2FN2O5/c1-31-24(36)26(28)12-17-15(21(27(26,29)25(31)37)13-7-10-19(33)18(30)11-13)8-9-16-20(17)23(35)32(22(16)34)14-5-3-2-4-6-14/h2-8,10-11,16-17,20-21,33H,9,12H2,1H3. The van der Waals surface area contributed by atoms with Crippen molar-refractivity contribution in [3.8, 4) is 5.75 Å². The molecular weight excluding hydrogens is 522 g/mol. The first kappa shape index (κ1) is 24.1. The molecule has 1 N–H and O–H groups in total. The zero-order valence-electron chi connectivity index (χ0n) is 19.5. The van der Waals surface area contributed by atoms with Crippen LogP contribution in [0.2, 0.25) is 0 Å². The number of nitrogens with zero attached hydrogens (tertiary/aromatic N) is 2. The summed E-state index contributed by atoms with van der Waals surface area (Å²) in [4.78, 5) is 52.1. The number of amides is 4. The minimum atomic E-state index is -2.00. The van der Waals surface area contributed by atoms with Crippen LogP contribution in [0.4, 0.5) is 10.1 Å². The monoisotopic (exact) mass is 542 g/mol. The molecule has 10 heteroatoms. The van der Waals surface area contributed by atoms with Crippen LogP contribution >= 0.6 is 23.2 Å². The fourth-order valence-corrected chi connectivity index (χ4v) is 7.67. The van der Waals surface area contributed by atoms with Gasteiger partial charge in [-0.3, -0.25) is 29.0 Å². The molecule has 1 saturated carbocycles. The molecule has 2 aromatic rings. The van der Waals surface area contributed by atoms with Gasteiger partial charge < -0.3 is 5.11 Å². The number of aromatic hydroxyl groups is 1. The summed E-state index contributed by atoms with van der Waals surface area (Å²) >= 11 is 14.1. The summed E-state index contributed by atoms with van der Waals surface area (Å²) in [7, 11) is 1.29. The SMILES string of the molecule is CN1C(=O)C2(Cl)CC3C(=CCC4C(=O)N(c5ccccc5)C(=O)C43)C(c3ccc(O)c(F)c3)C2(Cl)C1=O. The number of hydrogen-bond acceptors (Lipinski definition) is 5. The summed E-state index contributed by atoms with van der Waals surface area (Å²) in [6.07, 6.45) is 1.85. The van der Waals surface area contributed by atoms with Crippen LogP contribution in [0.3, 0.4) is 0 Å². The normalized spacial score (nSPS) is 34.9. The van der Waals surface area contributed by atoms with Gasteiger partial charge in [-0.25, -0.2) is 4.39 Å². The molecule has 6 unspecified atom stereocenters. The summed E-state index contributed by atoms with van der Waals surface area (Å²) in [6.45, 7) is 0. The van der Waals surface area contributed by atoms with Gasteiger partial charge in [0, 0.05) is 13.0 Å². The number of benzene rings is 2. The van der Waals surface area contributed by atoms with Crippen LogP contribution in [0.15, 0.2) is 60.2 Å². The average Bonchev–Trinajstić information content (AvgIpc) is 3.21. The molecule has 0 radical (unpaired) electrons. The highest BCUT2D eigenvalue weighted by molar-refractivity contribution is 6.53. The smallest absolute Gasteiger partial charge is 0.253 e. The van der Waals surface area contributed by atoms with Crippen molar-refractivity contribution in [1.29, 1.82) is 0 Å². The van der Waals surface area contributed by atoms with E-state index in [0.29, 0.717) is 11.3 Å². The number of allylic oxidation sites excluding steroid dienone is 2. The Morgan fingerprint density at radius 2 is 1.68 bits per heavy atom. The number of para-hydroxylation sites is 1. The summed E-state index contributed by atoms with van der Waals surface area (Å²) in [5.74, 6) is -6.99. The number of fused-ring (bicyclic) bond motifs is 4. The molecule has 2 heterocycles. The lowest BCUT2D eigenvalue weighted by atomic mass is 9.56. The second-order valence-corrected chi connectivity index (χ2v) is 11.3. The summed E-state index contributed by atoms with van der Waals surface area (Å²) in [6, 6.07) is 12.2. The molecule has 2 aromatic carbocycles. The van der Waals surface area contributed by atoms with Crippen molar-refractivity contribution in [3.63, 3.8) is 0 Å². The van der Waals surface area contributed by atoms with Gasteiger partial charge in [0.1, 0.15) is 0 Å². The minimum absolute atomic E-state index is 0.140. The van der Waals surface area contributed by atoms with E-state index in [1.54, 1.807) is 36.4 Å². The number of anilines is 1. The van der Waals surface area contributed by atoms with Crippen molar-refractivity contribution in [3.05, 3.63) is 71.6 Å². The zero-order chi connectivity index (χ0) is 26.4. The topological polar surface area (TPSA) is 95.0 Å². The summed E-state index contributed by atoms with van der Waals surface area (Å²) < 4.78 is 14.5. The van der Waals surface area contributed by atoms with Crippen LogP contribution < -0.4 is 4.90 Å². The summed E-state index contributed by atoms with van der Waals surface area (Å²) in [5.41, 5.74) is 1.24. The molecule has 4 aliphatic rings. The molecule has 7 nitrogen and oxygen atoms in total. The fourth-order valence-electron chi connectivity index (χ4n) is 6.65. The lowest BCUT2D eigenvalue weighted by Gasteiger charge is -2.50. The van der Waals surface area contributed by atoms with E-state index < -0.39 is 62.7 Å². The number of likely N-dealkylation sites (tertiary alicyclic amines) is 1. The number of halogens is 3. The predicted octanol–water partition coefficient (Wildman–Crippen LogP) is 3.72. The van der Waals surface area contributed by atoms with E-state index in [1.807, 2.05) is 0 Å². The first-order valence-corrected chi connectivity index (χ1v) is 12.6. The van der Waals surface area contributed by atoms with Crippen LogP contribution in [-0.2, 0) is 19.2 Å². The number of rotatable bonds is 2. The van der Waals surface area contributed by atoms with Crippen LogP contribution in [0, 0.1) is 23.6 Å². The van der Waals surface area contributed by atoms with Crippen LogP contribution in [0.5, 0.6) is 5.75 Å². The minimum Gasteiger partial charge on any atom is -0.505 e. The molecule has 2 aliphatic heterocycles. The lowest BCUT2D eigenvalue weighted by molar-refractivity contribution is -0.138. The molecule has 6 rings (SSSR count). The molecule has 0 bridgehead atoms. The van der Waals surface area contributed by atoms with Gasteiger partial charge in [0.25, 0.3) is 11.8 Å². The Morgan fingerprint density at radius 3 is 2.35 bits per heavy atom. The van der Waals surface area contributed by atoms with Gasteiger partial charge in [-0.05, 0) is 48.6 Å². The molecule has 0 spiro atoms. The largest absolute Gasteiger partial charge is 0.505 e. The van der Waals surface area contributed by atoms with E-state index in [-0.39, 0.29) is 24.3 Å².